The minimum absolute atomic E-state index is 0.0774. The average Bonchev–Trinajstić information content (AvgIpc) is 2.87. The number of carbonyl (C=O) groups excluding carboxylic acids is 2. The molecule has 3 aromatic carbocycles. The molecule has 6 nitrogen and oxygen atoms in total. The van der Waals surface area contributed by atoms with Gasteiger partial charge < -0.3 is 20.1 Å². The van der Waals surface area contributed by atoms with Crippen LogP contribution in [0.4, 0.5) is 0 Å². The van der Waals surface area contributed by atoms with Gasteiger partial charge in [-0.25, -0.2) is 0 Å². The van der Waals surface area contributed by atoms with Crippen molar-refractivity contribution in [3.63, 3.8) is 0 Å². The lowest BCUT2D eigenvalue weighted by molar-refractivity contribution is -0.122. The fraction of sp³-hybridized carbons (Fsp3) is 0.286. The average molecular weight is 493 g/mol. The van der Waals surface area contributed by atoms with Crippen LogP contribution in [0.15, 0.2) is 72.8 Å². The van der Waals surface area contributed by atoms with Crippen LogP contribution in [0.25, 0.3) is 0 Å². The molecule has 0 bridgehead atoms. The van der Waals surface area contributed by atoms with Crippen LogP contribution in [0.3, 0.4) is 0 Å². The third-order valence-electron chi connectivity index (χ3n) is 5.92. The summed E-state index contributed by atoms with van der Waals surface area (Å²) < 4.78 is 11.3. The van der Waals surface area contributed by atoms with Crippen LogP contribution in [-0.2, 0) is 4.79 Å². The maximum Gasteiger partial charge on any atom is 0.253 e. The Morgan fingerprint density at radius 1 is 0.857 bits per heavy atom. The molecule has 1 heterocycles. The van der Waals surface area contributed by atoms with Gasteiger partial charge >= 0.3 is 0 Å². The zero-order valence-corrected chi connectivity index (χ0v) is 20.5. The molecule has 3 aromatic rings. The summed E-state index contributed by atoms with van der Waals surface area (Å²) in [6.07, 6.45) is 0.0774. The van der Waals surface area contributed by atoms with E-state index in [0.717, 1.165) is 11.1 Å². The first-order valence-corrected chi connectivity index (χ1v) is 12.1. The SMILES string of the molecule is CC(C)C(NC(=O)CC(NC(=O)c1ccccc1Cl)c1ccccc1)c1ccc2c(c1)OCCO2. The lowest BCUT2D eigenvalue weighted by Crippen LogP contribution is -2.36. The lowest BCUT2D eigenvalue weighted by atomic mass is 9.94. The topological polar surface area (TPSA) is 76.7 Å². The highest BCUT2D eigenvalue weighted by molar-refractivity contribution is 6.33. The second-order valence-corrected chi connectivity index (χ2v) is 9.22. The lowest BCUT2D eigenvalue weighted by Gasteiger charge is -2.27. The van der Waals surface area contributed by atoms with Crippen LogP contribution in [-0.4, -0.2) is 25.0 Å². The highest BCUT2D eigenvalue weighted by Crippen LogP contribution is 2.34. The van der Waals surface area contributed by atoms with Gasteiger partial charge in [0.2, 0.25) is 5.91 Å². The van der Waals surface area contributed by atoms with Gasteiger partial charge in [0, 0.05) is 0 Å². The van der Waals surface area contributed by atoms with Gasteiger partial charge in [0.1, 0.15) is 13.2 Å². The van der Waals surface area contributed by atoms with Crippen molar-refractivity contribution in [3.05, 3.63) is 94.5 Å². The van der Waals surface area contributed by atoms with Crippen molar-refractivity contribution < 1.29 is 19.1 Å². The third-order valence-corrected chi connectivity index (χ3v) is 6.25. The smallest absolute Gasteiger partial charge is 0.253 e. The van der Waals surface area contributed by atoms with E-state index in [1.807, 2.05) is 48.5 Å². The first-order valence-electron chi connectivity index (χ1n) is 11.7. The van der Waals surface area contributed by atoms with Crippen LogP contribution in [0, 0.1) is 5.92 Å². The van der Waals surface area contributed by atoms with E-state index in [4.69, 9.17) is 21.1 Å². The summed E-state index contributed by atoms with van der Waals surface area (Å²) in [6, 6.07) is 21.3. The molecular weight excluding hydrogens is 464 g/mol. The summed E-state index contributed by atoms with van der Waals surface area (Å²) in [5.74, 6) is 1.02. The number of fused-ring (bicyclic) bond motifs is 1. The van der Waals surface area contributed by atoms with Crippen LogP contribution in [0.5, 0.6) is 11.5 Å². The molecule has 0 aliphatic carbocycles. The van der Waals surface area contributed by atoms with E-state index in [2.05, 4.69) is 24.5 Å². The molecular formula is C28H29ClN2O4. The Hall–Kier alpha value is -3.51. The molecule has 0 radical (unpaired) electrons. The number of hydrogen-bond acceptors (Lipinski definition) is 4. The van der Waals surface area contributed by atoms with Crippen molar-refractivity contribution in [1.82, 2.24) is 10.6 Å². The summed E-state index contributed by atoms with van der Waals surface area (Å²) in [4.78, 5) is 26.2. The highest BCUT2D eigenvalue weighted by atomic mass is 35.5. The molecule has 0 fully saturated rings. The third kappa shape index (κ3) is 6.14. The number of amides is 2. The minimum Gasteiger partial charge on any atom is -0.486 e. The molecule has 7 heteroatoms. The van der Waals surface area contributed by atoms with Crippen molar-refractivity contribution in [2.75, 3.05) is 13.2 Å². The Kier molecular flexibility index (Phi) is 7.93. The minimum atomic E-state index is -0.520. The molecule has 4 rings (SSSR count). The van der Waals surface area contributed by atoms with E-state index < -0.39 is 6.04 Å². The summed E-state index contributed by atoms with van der Waals surface area (Å²) in [7, 11) is 0. The number of rotatable bonds is 8. The summed E-state index contributed by atoms with van der Waals surface area (Å²) in [5.41, 5.74) is 2.14. The molecule has 182 valence electrons. The van der Waals surface area contributed by atoms with Gasteiger partial charge in [-0.2, -0.15) is 0 Å². The second kappa shape index (κ2) is 11.3. The molecule has 0 aromatic heterocycles. The van der Waals surface area contributed by atoms with Crippen molar-refractivity contribution in [1.29, 1.82) is 0 Å². The Morgan fingerprint density at radius 3 is 2.26 bits per heavy atom. The van der Waals surface area contributed by atoms with Crippen molar-refractivity contribution >= 4 is 23.4 Å². The fourth-order valence-corrected chi connectivity index (χ4v) is 4.35. The van der Waals surface area contributed by atoms with Gasteiger partial charge in [-0.3, -0.25) is 9.59 Å². The predicted octanol–water partition coefficient (Wildman–Crippen LogP) is 5.49. The van der Waals surface area contributed by atoms with E-state index in [9.17, 15) is 9.59 Å². The number of carbonyl (C=O) groups is 2. The van der Waals surface area contributed by atoms with Gasteiger partial charge in [-0.05, 0) is 41.3 Å². The van der Waals surface area contributed by atoms with E-state index in [1.165, 1.54) is 0 Å². The van der Waals surface area contributed by atoms with Gasteiger partial charge in [0.05, 0.1) is 29.1 Å². The number of ether oxygens (including phenoxy) is 2. The number of nitrogens with one attached hydrogen (secondary N) is 2. The van der Waals surface area contributed by atoms with Gasteiger partial charge in [-0.1, -0.05) is 74.0 Å². The van der Waals surface area contributed by atoms with E-state index in [1.54, 1.807) is 24.3 Å². The molecule has 2 amide bonds. The maximum atomic E-state index is 13.2. The molecule has 2 N–H and O–H groups in total. The zero-order chi connectivity index (χ0) is 24.8. The Morgan fingerprint density at radius 2 is 1.54 bits per heavy atom. The summed E-state index contributed by atoms with van der Waals surface area (Å²) in [5, 5.41) is 6.50. The number of hydrogen-bond donors (Lipinski definition) is 2. The second-order valence-electron chi connectivity index (χ2n) is 8.81. The van der Waals surface area contributed by atoms with Gasteiger partial charge in [0.25, 0.3) is 5.91 Å². The molecule has 1 aliphatic rings. The molecule has 0 saturated carbocycles. The van der Waals surface area contributed by atoms with Crippen LogP contribution in [0.1, 0.15) is 53.8 Å². The first-order chi connectivity index (χ1) is 16.9. The van der Waals surface area contributed by atoms with E-state index in [0.29, 0.717) is 35.3 Å². The molecule has 2 atom stereocenters. The Balaban J connectivity index is 1.51. The fourth-order valence-electron chi connectivity index (χ4n) is 4.12. The molecule has 0 spiro atoms. The molecule has 2 unspecified atom stereocenters. The largest absolute Gasteiger partial charge is 0.486 e. The summed E-state index contributed by atoms with van der Waals surface area (Å²) >= 11 is 6.22. The standard InChI is InChI=1S/C28H29ClN2O4/c1-18(2)27(20-12-13-24-25(16-20)35-15-14-34-24)31-26(32)17-23(19-8-4-3-5-9-19)30-28(33)21-10-6-7-11-22(21)29/h3-13,16,18,23,27H,14-15,17H2,1-2H3,(H,30,33)(H,31,32). The molecule has 0 saturated heterocycles. The van der Waals surface area contributed by atoms with Crippen LogP contribution >= 0.6 is 11.6 Å². The monoisotopic (exact) mass is 492 g/mol. The van der Waals surface area contributed by atoms with Gasteiger partial charge in [0.15, 0.2) is 11.5 Å². The molecule has 35 heavy (non-hydrogen) atoms. The van der Waals surface area contributed by atoms with E-state index in [-0.39, 0.29) is 30.2 Å². The van der Waals surface area contributed by atoms with Crippen molar-refractivity contribution in [2.24, 2.45) is 5.92 Å². The number of benzene rings is 3. The number of halogens is 1. The van der Waals surface area contributed by atoms with E-state index >= 15 is 0 Å². The summed E-state index contributed by atoms with van der Waals surface area (Å²) in [6.45, 7) is 5.13. The van der Waals surface area contributed by atoms with Crippen molar-refractivity contribution in [3.8, 4) is 11.5 Å². The Bertz CT molecular complexity index is 1180. The maximum absolute atomic E-state index is 13.2. The van der Waals surface area contributed by atoms with Crippen molar-refractivity contribution in [2.45, 2.75) is 32.4 Å². The highest BCUT2D eigenvalue weighted by Gasteiger charge is 2.25. The van der Waals surface area contributed by atoms with Gasteiger partial charge in [-0.15, -0.1) is 0 Å². The van der Waals surface area contributed by atoms with Crippen LogP contribution in [0.2, 0.25) is 5.02 Å². The predicted molar refractivity (Wildman–Crippen MR) is 136 cm³/mol. The first kappa shape index (κ1) is 24.6. The Labute approximate surface area is 210 Å². The zero-order valence-electron chi connectivity index (χ0n) is 19.8. The molecule has 1 aliphatic heterocycles. The normalized spacial score (nSPS) is 14.2. The van der Waals surface area contributed by atoms with Crippen LogP contribution < -0.4 is 20.1 Å². The quantitative estimate of drug-likeness (QED) is 0.436.